The molecule has 1 atom stereocenters. The maximum absolute atomic E-state index is 13.8. The van der Waals surface area contributed by atoms with Crippen molar-refractivity contribution in [2.75, 3.05) is 33.8 Å². The second kappa shape index (κ2) is 12.0. The number of nitrogens with one attached hydrogen (secondary N) is 2. The van der Waals surface area contributed by atoms with E-state index in [1.54, 1.807) is 26.3 Å². The van der Waals surface area contributed by atoms with Crippen molar-refractivity contribution in [3.05, 3.63) is 65.5 Å². The number of nitrogens with zero attached hydrogens (tertiary/aromatic N) is 2. The third-order valence-electron chi connectivity index (χ3n) is 5.15. The number of benzene rings is 2. The van der Waals surface area contributed by atoms with Gasteiger partial charge in [0.2, 0.25) is 0 Å². The van der Waals surface area contributed by atoms with Crippen LogP contribution in [0.1, 0.15) is 30.0 Å². The van der Waals surface area contributed by atoms with Gasteiger partial charge in [-0.25, -0.2) is 4.39 Å². The van der Waals surface area contributed by atoms with E-state index >= 15 is 0 Å². The normalized spacial score (nSPS) is 15.5. The maximum atomic E-state index is 13.8. The van der Waals surface area contributed by atoms with Crippen LogP contribution in [-0.4, -0.2) is 44.7 Å². The Morgan fingerprint density at radius 3 is 2.59 bits per heavy atom. The van der Waals surface area contributed by atoms with Crippen molar-refractivity contribution in [3.63, 3.8) is 0 Å². The lowest BCUT2D eigenvalue weighted by Gasteiger charge is -2.29. The van der Waals surface area contributed by atoms with Gasteiger partial charge in [-0.15, -0.1) is 24.0 Å². The summed E-state index contributed by atoms with van der Waals surface area (Å²) in [5.74, 6) is 1.32. The molecule has 0 aliphatic carbocycles. The second-order valence-corrected chi connectivity index (χ2v) is 6.93. The van der Waals surface area contributed by atoms with Gasteiger partial charge in [-0.1, -0.05) is 30.3 Å². The lowest BCUT2D eigenvalue weighted by molar-refractivity contribution is 0.245. The van der Waals surface area contributed by atoms with Gasteiger partial charge in [0.1, 0.15) is 11.6 Å². The zero-order chi connectivity index (χ0) is 19.8. The smallest absolute Gasteiger partial charge is 0.191 e. The number of likely N-dealkylation sites (tertiary alicyclic amines) is 1. The molecule has 2 aromatic carbocycles. The van der Waals surface area contributed by atoms with E-state index in [2.05, 4.69) is 32.7 Å². The zero-order valence-electron chi connectivity index (χ0n) is 17.0. The number of ether oxygens (including phenoxy) is 1. The molecule has 1 aliphatic heterocycles. The fourth-order valence-electron chi connectivity index (χ4n) is 3.59. The van der Waals surface area contributed by atoms with Crippen molar-refractivity contribution < 1.29 is 9.13 Å². The Labute approximate surface area is 189 Å². The molecule has 5 nitrogen and oxygen atoms in total. The molecule has 3 rings (SSSR count). The molecule has 0 aromatic heterocycles. The molecular weight excluding hydrogens is 482 g/mol. The molecule has 1 aliphatic rings. The minimum Gasteiger partial charge on any atom is -0.497 e. The molecule has 1 fully saturated rings. The third-order valence-corrected chi connectivity index (χ3v) is 5.15. The summed E-state index contributed by atoms with van der Waals surface area (Å²) in [5, 5.41) is 6.61. The van der Waals surface area contributed by atoms with E-state index in [9.17, 15) is 4.39 Å². The van der Waals surface area contributed by atoms with E-state index in [0.717, 1.165) is 18.8 Å². The van der Waals surface area contributed by atoms with Crippen LogP contribution in [0.15, 0.2) is 53.5 Å². The van der Waals surface area contributed by atoms with Crippen LogP contribution < -0.4 is 15.4 Å². The molecule has 2 N–H and O–H groups in total. The van der Waals surface area contributed by atoms with Crippen LogP contribution in [0.4, 0.5) is 4.39 Å². The first kappa shape index (κ1) is 23.4. The van der Waals surface area contributed by atoms with Gasteiger partial charge in [0.05, 0.1) is 13.2 Å². The Balaban J connectivity index is 0.00000300. The molecule has 1 saturated heterocycles. The Bertz CT molecular complexity index is 796. The van der Waals surface area contributed by atoms with Gasteiger partial charge in [0.15, 0.2) is 5.96 Å². The van der Waals surface area contributed by atoms with Crippen LogP contribution in [0.2, 0.25) is 0 Å². The molecular formula is C22H30FIN4O. The summed E-state index contributed by atoms with van der Waals surface area (Å²) in [6, 6.07) is 15.2. The first-order chi connectivity index (χ1) is 13.7. The zero-order valence-corrected chi connectivity index (χ0v) is 19.4. The largest absolute Gasteiger partial charge is 0.497 e. The van der Waals surface area contributed by atoms with E-state index in [1.807, 2.05) is 18.2 Å². The van der Waals surface area contributed by atoms with E-state index < -0.39 is 0 Å². The number of hydrogen-bond acceptors (Lipinski definition) is 3. The molecule has 0 bridgehead atoms. The maximum Gasteiger partial charge on any atom is 0.191 e. The standard InChI is InChI=1S/C22H29FN4O.HI/c1-24-22(25-15-18-8-3-4-11-20(18)23)26-16-21(27-12-5-6-13-27)17-9-7-10-19(14-17)28-2;/h3-4,7-11,14,21H,5-6,12-13,15-16H2,1-2H3,(H2,24,25,26);1H. The van der Waals surface area contributed by atoms with Crippen molar-refractivity contribution in [1.82, 2.24) is 15.5 Å². The van der Waals surface area contributed by atoms with Gasteiger partial charge in [0, 0.05) is 25.7 Å². The summed E-state index contributed by atoms with van der Waals surface area (Å²) in [6.07, 6.45) is 2.45. The van der Waals surface area contributed by atoms with Crippen LogP contribution in [0.5, 0.6) is 5.75 Å². The number of rotatable bonds is 7. The minimum absolute atomic E-state index is 0. The molecule has 0 spiro atoms. The average Bonchev–Trinajstić information content (AvgIpc) is 3.26. The Kier molecular flexibility index (Phi) is 9.66. The fraction of sp³-hybridized carbons (Fsp3) is 0.409. The van der Waals surface area contributed by atoms with Crippen molar-refractivity contribution >= 4 is 29.9 Å². The van der Waals surface area contributed by atoms with Gasteiger partial charge in [0.25, 0.3) is 0 Å². The number of aliphatic imine (C=N–C) groups is 1. The highest BCUT2D eigenvalue weighted by Gasteiger charge is 2.24. The highest BCUT2D eigenvalue weighted by atomic mass is 127. The van der Waals surface area contributed by atoms with Crippen molar-refractivity contribution in [1.29, 1.82) is 0 Å². The number of halogens is 2. The van der Waals surface area contributed by atoms with Gasteiger partial charge >= 0.3 is 0 Å². The van der Waals surface area contributed by atoms with Crippen LogP contribution in [-0.2, 0) is 6.54 Å². The third kappa shape index (κ3) is 6.57. The average molecular weight is 512 g/mol. The molecule has 1 heterocycles. The molecule has 0 saturated carbocycles. The molecule has 0 radical (unpaired) electrons. The van der Waals surface area contributed by atoms with Crippen LogP contribution in [0, 0.1) is 5.82 Å². The number of hydrogen-bond donors (Lipinski definition) is 2. The van der Waals surface area contributed by atoms with E-state index in [0.29, 0.717) is 24.6 Å². The monoisotopic (exact) mass is 512 g/mol. The number of guanidine groups is 1. The van der Waals surface area contributed by atoms with Crippen LogP contribution in [0.3, 0.4) is 0 Å². The van der Waals surface area contributed by atoms with Gasteiger partial charge in [-0.2, -0.15) is 0 Å². The van der Waals surface area contributed by atoms with Gasteiger partial charge in [-0.05, 0) is 49.7 Å². The van der Waals surface area contributed by atoms with Gasteiger partial charge < -0.3 is 15.4 Å². The lowest BCUT2D eigenvalue weighted by atomic mass is 10.1. The fourth-order valence-corrected chi connectivity index (χ4v) is 3.59. The topological polar surface area (TPSA) is 48.9 Å². The minimum atomic E-state index is -0.211. The molecule has 2 aromatic rings. The predicted octanol–water partition coefficient (Wildman–Crippen LogP) is 3.95. The summed E-state index contributed by atoms with van der Waals surface area (Å²) in [6.45, 7) is 3.28. The Morgan fingerprint density at radius 2 is 1.90 bits per heavy atom. The molecule has 7 heteroatoms. The molecule has 158 valence electrons. The van der Waals surface area contributed by atoms with Crippen molar-refractivity contribution in [2.24, 2.45) is 4.99 Å². The lowest BCUT2D eigenvalue weighted by Crippen LogP contribution is -2.42. The van der Waals surface area contributed by atoms with E-state index in [4.69, 9.17) is 4.74 Å². The highest BCUT2D eigenvalue weighted by molar-refractivity contribution is 14.0. The molecule has 0 amide bonds. The predicted molar refractivity (Wildman–Crippen MR) is 127 cm³/mol. The van der Waals surface area contributed by atoms with E-state index in [-0.39, 0.29) is 35.8 Å². The van der Waals surface area contributed by atoms with Crippen molar-refractivity contribution in [3.8, 4) is 5.75 Å². The Hall–Kier alpha value is -1.87. The summed E-state index contributed by atoms with van der Waals surface area (Å²) < 4.78 is 19.2. The quantitative estimate of drug-likeness (QED) is 0.335. The van der Waals surface area contributed by atoms with E-state index in [1.165, 1.54) is 24.5 Å². The second-order valence-electron chi connectivity index (χ2n) is 6.93. The molecule has 1 unspecified atom stereocenters. The van der Waals surface area contributed by atoms with Gasteiger partial charge in [-0.3, -0.25) is 9.89 Å². The van der Waals surface area contributed by atoms with Crippen LogP contribution >= 0.6 is 24.0 Å². The molecule has 29 heavy (non-hydrogen) atoms. The number of methoxy groups -OCH3 is 1. The first-order valence-electron chi connectivity index (χ1n) is 9.77. The summed E-state index contributed by atoms with van der Waals surface area (Å²) in [5.41, 5.74) is 1.84. The SMILES string of the molecule is CN=C(NCc1ccccc1F)NCC(c1cccc(OC)c1)N1CCCC1.I. The van der Waals surface area contributed by atoms with Crippen LogP contribution in [0.25, 0.3) is 0 Å². The summed E-state index contributed by atoms with van der Waals surface area (Å²) in [4.78, 5) is 6.78. The van der Waals surface area contributed by atoms with Crippen molar-refractivity contribution in [2.45, 2.75) is 25.4 Å². The first-order valence-corrected chi connectivity index (χ1v) is 9.77. The Morgan fingerprint density at radius 1 is 1.14 bits per heavy atom. The summed E-state index contributed by atoms with van der Waals surface area (Å²) >= 11 is 0. The highest BCUT2D eigenvalue weighted by Crippen LogP contribution is 2.27. The summed E-state index contributed by atoms with van der Waals surface area (Å²) in [7, 11) is 3.42.